The molecule has 16 heavy (non-hydrogen) atoms. The van der Waals surface area contributed by atoms with E-state index in [1.54, 1.807) is 11.5 Å². The third-order valence-electron chi connectivity index (χ3n) is 2.32. The van der Waals surface area contributed by atoms with E-state index in [1.165, 1.54) is 6.33 Å². The lowest BCUT2D eigenvalue weighted by Crippen LogP contribution is -2.02. The fourth-order valence-corrected chi connectivity index (χ4v) is 1.99. The molecule has 0 bridgehead atoms. The molecule has 0 amide bonds. The Morgan fingerprint density at radius 2 is 2.12 bits per heavy atom. The topological polar surface area (TPSA) is 55.1 Å². The van der Waals surface area contributed by atoms with Crippen molar-refractivity contribution in [1.29, 1.82) is 0 Å². The fourth-order valence-electron chi connectivity index (χ4n) is 1.51. The first-order valence-corrected chi connectivity index (χ1v) is 5.42. The van der Waals surface area contributed by atoms with Crippen LogP contribution >= 0.6 is 15.9 Å². The summed E-state index contributed by atoms with van der Waals surface area (Å²) in [6.07, 6.45) is 1.51. The summed E-state index contributed by atoms with van der Waals surface area (Å²) in [6, 6.07) is 7.58. The Morgan fingerprint density at radius 1 is 1.44 bits per heavy atom. The Kier molecular flexibility index (Phi) is 2.78. The highest BCUT2D eigenvalue weighted by Crippen LogP contribution is 2.22. The summed E-state index contributed by atoms with van der Waals surface area (Å²) in [6.45, 7) is 1.73. The van der Waals surface area contributed by atoms with Crippen LogP contribution in [0.25, 0.3) is 5.69 Å². The van der Waals surface area contributed by atoms with Gasteiger partial charge in [-0.05, 0) is 35.0 Å². The largest absolute Gasteiger partial charge is 0.476 e. The molecular weight excluding hydrogens is 272 g/mol. The van der Waals surface area contributed by atoms with Crippen molar-refractivity contribution in [3.8, 4) is 5.69 Å². The molecule has 0 saturated heterocycles. The van der Waals surface area contributed by atoms with Crippen LogP contribution in [0.15, 0.2) is 35.1 Å². The van der Waals surface area contributed by atoms with Crippen LogP contribution in [-0.2, 0) is 0 Å². The number of nitrogens with zero attached hydrogens (tertiary/aromatic N) is 2. The van der Waals surface area contributed by atoms with Gasteiger partial charge < -0.3 is 9.67 Å². The van der Waals surface area contributed by atoms with Crippen molar-refractivity contribution >= 4 is 21.9 Å². The molecule has 1 aromatic carbocycles. The Balaban J connectivity index is 2.58. The summed E-state index contributed by atoms with van der Waals surface area (Å²) in [4.78, 5) is 14.7. The number of para-hydroxylation sites is 1. The molecule has 2 aromatic rings. The zero-order valence-corrected chi connectivity index (χ0v) is 10.1. The van der Waals surface area contributed by atoms with E-state index in [9.17, 15) is 4.79 Å². The number of benzene rings is 1. The van der Waals surface area contributed by atoms with Gasteiger partial charge in [0.05, 0.1) is 11.4 Å². The first-order valence-electron chi connectivity index (χ1n) is 4.63. The minimum atomic E-state index is -1.01. The van der Waals surface area contributed by atoms with Gasteiger partial charge in [0.25, 0.3) is 0 Å². The zero-order chi connectivity index (χ0) is 11.7. The second-order valence-electron chi connectivity index (χ2n) is 3.31. The first-order chi connectivity index (χ1) is 7.61. The Bertz CT molecular complexity index is 549. The molecule has 0 fully saturated rings. The SMILES string of the molecule is Cc1c(C(=O)O)ncn1-c1ccccc1Br. The summed E-state index contributed by atoms with van der Waals surface area (Å²) < 4.78 is 2.64. The van der Waals surface area contributed by atoms with Gasteiger partial charge in [-0.1, -0.05) is 12.1 Å². The van der Waals surface area contributed by atoms with E-state index in [2.05, 4.69) is 20.9 Å². The van der Waals surface area contributed by atoms with E-state index in [4.69, 9.17) is 5.11 Å². The van der Waals surface area contributed by atoms with Gasteiger partial charge in [-0.15, -0.1) is 0 Å². The van der Waals surface area contributed by atoms with Crippen molar-refractivity contribution in [2.75, 3.05) is 0 Å². The van der Waals surface area contributed by atoms with Gasteiger partial charge in [-0.25, -0.2) is 9.78 Å². The third-order valence-corrected chi connectivity index (χ3v) is 2.99. The number of aromatic carboxylic acids is 1. The number of carboxylic acid groups (broad SMARTS) is 1. The minimum absolute atomic E-state index is 0.0794. The van der Waals surface area contributed by atoms with E-state index in [-0.39, 0.29) is 5.69 Å². The maximum Gasteiger partial charge on any atom is 0.356 e. The highest BCUT2D eigenvalue weighted by Gasteiger charge is 2.14. The van der Waals surface area contributed by atoms with E-state index < -0.39 is 5.97 Å². The molecule has 0 radical (unpaired) electrons. The van der Waals surface area contributed by atoms with Crippen LogP contribution in [0.3, 0.4) is 0 Å². The predicted molar refractivity (Wildman–Crippen MR) is 63.0 cm³/mol. The lowest BCUT2D eigenvalue weighted by Gasteiger charge is -2.07. The van der Waals surface area contributed by atoms with E-state index in [1.807, 2.05) is 24.3 Å². The summed E-state index contributed by atoms with van der Waals surface area (Å²) in [5, 5.41) is 8.91. The van der Waals surface area contributed by atoms with Crippen LogP contribution < -0.4 is 0 Å². The van der Waals surface area contributed by atoms with Gasteiger partial charge in [-0.2, -0.15) is 0 Å². The Morgan fingerprint density at radius 3 is 2.69 bits per heavy atom. The summed E-state index contributed by atoms with van der Waals surface area (Å²) >= 11 is 3.42. The average Bonchev–Trinajstić information content (AvgIpc) is 2.61. The van der Waals surface area contributed by atoms with Crippen LogP contribution in [0.2, 0.25) is 0 Å². The summed E-state index contributed by atoms with van der Waals surface area (Å²) in [7, 11) is 0. The Hall–Kier alpha value is -1.62. The van der Waals surface area contributed by atoms with Crippen LogP contribution in [0.5, 0.6) is 0 Å². The molecule has 5 heteroatoms. The number of carbonyl (C=O) groups is 1. The average molecular weight is 281 g/mol. The smallest absolute Gasteiger partial charge is 0.356 e. The van der Waals surface area contributed by atoms with Gasteiger partial charge in [0.15, 0.2) is 5.69 Å². The van der Waals surface area contributed by atoms with E-state index in [0.29, 0.717) is 5.69 Å². The molecule has 2 rings (SSSR count). The third kappa shape index (κ3) is 1.74. The number of hydrogen-bond donors (Lipinski definition) is 1. The number of halogens is 1. The maximum atomic E-state index is 10.9. The van der Waals surface area contributed by atoms with Crippen LogP contribution in [0, 0.1) is 6.92 Å². The maximum absolute atomic E-state index is 10.9. The zero-order valence-electron chi connectivity index (χ0n) is 8.51. The van der Waals surface area contributed by atoms with E-state index >= 15 is 0 Å². The molecule has 1 heterocycles. The second kappa shape index (κ2) is 4.09. The predicted octanol–water partition coefficient (Wildman–Crippen LogP) is 2.64. The van der Waals surface area contributed by atoms with Crippen LogP contribution in [0.1, 0.15) is 16.2 Å². The monoisotopic (exact) mass is 280 g/mol. The van der Waals surface area contributed by atoms with Crippen LogP contribution in [0.4, 0.5) is 0 Å². The fraction of sp³-hybridized carbons (Fsp3) is 0.0909. The van der Waals surface area contributed by atoms with Gasteiger partial charge in [0.2, 0.25) is 0 Å². The molecule has 0 aliphatic rings. The highest BCUT2D eigenvalue weighted by molar-refractivity contribution is 9.10. The lowest BCUT2D eigenvalue weighted by atomic mass is 10.3. The van der Waals surface area contributed by atoms with E-state index in [0.717, 1.165) is 10.2 Å². The molecule has 0 saturated carbocycles. The molecule has 0 atom stereocenters. The van der Waals surface area contributed by atoms with Gasteiger partial charge in [0, 0.05) is 4.47 Å². The second-order valence-corrected chi connectivity index (χ2v) is 4.16. The van der Waals surface area contributed by atoms with Crippen molar-refractivity contribution in [1.82, 2.24) is 9.55 Å². The number of aromatic nitrogens is 2. The van der Waals surface area contributed by atoms with Crippen molar-refractivity contribution in [3.05, 3.63) is 46.5 Å². The van der Waals surface area contributed by atoms with Crippen molar-refractivity contribution in [2.45, 2.75) is 6.92 Å². The summed E-state index contributed by atoms with van der Waals surface area (Å²) in [5.41, 5.74) is 1.56. The molecular formula is C11H9BrN2O2. The molecule has 0 unspecified atom stereocenters. The standard InChI is InChI=1S/C11H9BrN2O2/c1-7-10(11(15)16)13-6-14(7)9-5-3-2-4-8(9)12/h2-6H,1H3,(H,15,16). The van der Waals surface area contributed by atoms with Gasteiger partial charge >= 0.3 is 5.97 Å². The molecule has 1 aromatic heterocycles. The van der Waals surface area contributed by atoms with Crippen molar-refractivity contribution in [3.63, 3.8) is 0 Å². The van der Waals surface area contributed by atoms with Gasteiger partial charge in [0.1, 0.15) is 6.33 Å². The van der Waals surface area contributed by atoms with Crippen molar-refractivity contribution in [2.24, 2.45) is 0 Å². The van der Waals surface area contributed by atoms with Gasteiger partial charge in [-0.3, -0.25) is 0 Å². The molecule has 0 aliphatic carbocycles. The molecule has 1 N–H and O–H groups in total. The molecule has 0 aliphatic heterocycles. The normalized spacial score (nSPS) is 10.4. The van der Waals surface area contributed by atoms with Crippen LogP contribution in [-0.4, -0.2) is 20.6 Å². The minimum Gasteiger partial charge on any atom is -0.476 e. The highest BCUT2D eigenvalue weighted by atomic mass is 79.9. The number of imidazole rings is 1. The number of hydrogen-bond acceptors (Lipinski definition) is 2. The summed E-state index contributed by atoms with van der Waals surface area (Å²) in [5.74, 6) is -1.01. The quantitative estimate of drug-likeness (QED) is 0.920. The number of carboxylic acids is 1. The first kappa shape index (κ1) is 10.9. The molecule has 0 spiro atoms. The Labute approximate surface area is 101 Å². The number of rotatable bonds is 2. The lowest BCUT2D eigenvalue weighted by molar-refractivity contribution is 0.0690. The van der Waals surface area contributed by atoms with Crippen molar-refractivity contribution < 1.29 is 9.90 Å². The molecule has 82 valence electrons. The molecule has 4 nitrogen and oxygen atoms in total.